The first-order chi connectivity index (χ1) is 10.3. The summed E-state index contributed by atoms with van der Waals surface area (Å²) in [5.74, 6) is -0.0579. The molecule has 3 heterocycles. The summed E-state index contributed by atoms with van der Waals surface area (Å²) in [5, 5.41) is 14.8. The van der Waals surface area contributed by atoms with Gasteiger partial charge in [-0.05, 0) is 31.7 Å². The van der Waals surface area contributed by atoms with Crippen LogP contribution in [0.3, 0.4) is 0 Å². The number of para-hydroxylation sites is 1. The van der Waals surface area contributed by atoms with E-state index in [1.807, 2.05) is 24.3 Å². The first kappa shape index (κ1) is 12.8. The Morgan fingerprint density at radius 2 is 1.95 bits per heavy atom. The molecule has 1 unspecified atom stereocenters. The van der Waals surface area contributed by atoms with Crippen LogP contribution in [0.25, 0.3) is 10.9 Å². The van der Waals surface area contributed by atoms with Crippen LogP contribution in [0.5, 0.6) is 0 Å². The van der Waals surface area contributed by atoms with Crippen molar-refractivity contribution in [3.05, 3.63) is 30.0 Å². The highest BCUT2D eigenvalue weighted by Crippen LogP contribution is 2.26. The molecule has 0 spiro atoms. The number of nitrogens with one attached hydrogen (secondary N) is 3. The molecule has 110 valence electrons. The zero-order chi connectivity index (χ0) is 14.2. The Morgan fingerprint density at radius 1 is 1.19 bits per heavy atom. The van der Waals surface area contributed by atoms with Gasteiger partial charge in [0.05, 0.1) is 5.52 Å². The lowest BCUT2D eigenvalue weighted by Gasteiger charge is -2.40. The van der Waals surface area contributed by atoms with Crippen molar-refractivity contribution in [3.63, 3.8) is 0 Å². The minimum atomic E-state index is -0.0579. The number of nitrogens with zero attached hydrogens (tertiary/aromatic N) is 1. The lowest BCUT2D eigenvalue weighted by molar-refractivity contribution is 0.0903. The first-order valence-electron chi connectivity index (χ1n) is 7.79. The molecule has 3 atom stereocenters. The van der Waals surface area contributed by atoms with E-state index in [-0.39, 0.29) is 11.9 Å². The van der Waals surface area contributed by atoms with Crippen LogP contribution >= 0.6 is 0 Å². The average Bonchev–Trinajstić information content (AvgIpc) is 2.91. The maximum atomic E-state index is 12.5. The van der Waals surface area contributed by atoms with Gasteiger partial charge in [-0.1, -0.05) is 24.6 Å². The lowest BCUT2D eigenvalue weighted by Crippen LogP contribution is -2.54. The number of carbonyl (C=O) groups is 1. The highest BCUT2D eigenvalue weighted by Gasteiger charge is 2.32. The molecule has 2 saturated heterocycles. The smallest absolute Gasteiger partial charge is 0.272 e. The van der Waals surface area contributed by atoms with E-state index in [4.69, 9.17) is 0 Å². The third-order valence-corrected chi connectivity index (χ3v) is 4.74. The Balaban J connectivity index is 1.50. The Labute approximate surface area is 123 Å². The molecule has 21 heavy (non-hydrogen) atoms. The molecule has 2 aromatic rings. The number of hydrogen-bond donors (Lipinski definition) is 3. The van der Waals surface area contributed by atoms with E-state index in [0.717, 1.165) is 23.7 Å². The molecule has 2 fully saturated rings. The Hall–Kier alpha value is -1.88. The number of benzene rings is 1. The van der Waals surface area contributed by atoms with E-state index >= 15 is 0 Å². The third kappa shape index (κ3) is 2.42. The minimum Gasteiger partial charge on any atom is -0.348 e. The molecule has 0 saturated carbocycles. The molecule has 0 radical (unpaired) electrons. The summed E-state index contributed by atoms with van der Waals surface area (Å²) >= 11 is 0. The van der Waals surface area contributed by atoms with Crippen molar-refractivity contribution >= 4 is 16.8 Å². The van der Waals surface area contributed by atoms with Gasteiger partial charge in [0.1, 0.15) is 0 Å². The van der Waals surface area contributed by atoms with Crippen LogP contribution < -0.4 is 10.6 Å². The monoisotopic (exact) mass is 284 g/mol. The molecule has 4 rings (SSSR count). The van der Waals surface area contributed by atoms with Gasteiger partial charge in [0.25, 0.3) is 5.91 Å². The summed E-state index contributed by atoms with van der Waals surface area (Å²) in [5.41, 5.74) is 1.42. The van der Waals surface area contributed by atoms with Gasteiger partial charge in [0.2, 0.25) is 0 Å². The summed E-state index contributed by atoms with van der Waals surface area (Å²) in [4.78, 5) is 12.5. The van der Waals surface area contributed by atoms with Crippen LogP contribution in [-0.4, -0.2) is 34.2 Å². The number of fused-ring (bicyclic) bond motifs is 3. The number of hydrogen-bond acceptors (Lipinski definition) is 3. The van der Waals surface area contributed by atoms with Crippen LogP contribution in [-0.2, 0) is 0 Å². The van der Waals surface area contributed by atoms with Crippen molar-refractivity contribution in [2.45, 2.75) is 50.2 Å². The Kier molecular flexibility index (Phi) is 3.15. The van der Waals surface area contributed by atoms with E-state index in [1.165, 1.54) is 19.3 Å². The fourth-order valence-corrected chi connectivity index (χ4v) is 3.77. The predicted octanol–water partition coefficient (Wildman–Crippen LogP) is 1.97. The molecule has 2 bridgehead atoms. The molecule has 0 aliphatic carbocycles. The van der Waals surface area contributed by atoms with Crippen molar-refractivity contribution in [2.75, 3.05) is 0 Å². The second kappa shape index (κ2) is 5.15. The Morgan fingerprint density at radius 3 is 2.76 bits per heavy atom. The van der Waals surface area contributed by atoms with E-state index in [9.17, 15) is 4.79 Å². The zero-order valence-corrected chi connectivity index (χ0v) is 11.9. The maximum Gasteiger partial charge on any atom is 0.272 e. The van der Waals surface area contributed by atoms with Gasteiger partial charge in [0.15, 0.2) is 5.69 Å². The molecule has 2 aliphatic heterocycles. The number of H-pyrrole nitrogens is 1. The average molecular weight is 284 g/mol. The van der Waals surface area contributed by atoms with E-state index in [0.29, 0.717) is 17.8 Å². The van der Waals surface area contributed by atoms with Gasteiger partial charge in [-0.15, -0.1) is 0 Å². The molecular formula is C16H20N4O. The molecule has 1 amide bonds. The summed E-state index contributed by atoms with van der Waals surface area (Å²) < 4.78 is 0. The molecule has 5 nitrogen and oxygen atoms in total. The van der Waals surface area contributed by atoms with Gasteiger partial charge in [-0.25, -0.2) is 0 Å². The van der Waals surface area contributed by atoms with E-state index in [2.05, 4.69) is 20.8 Å². The summed E-state index contributed by atoms with van der Waals surface area (Å²) in [6.07, 6.45) is 5.84. The molecule has 2 aliphatic rings. The summed E-state index contributed by atoms with van der Waals surface area (Å²) in [6.45, 7) is 0. The van der Waals surface area contributed by atoms with Crippen LogP contribution in [0.4, 0.5) is 0 Å². The van der Waals surface area contributed by atoms with E-state index < -0.39 is 0 Å². The summed E-state index contributed by atoms with van der Waals surface area (Å²) in [6, 6.07) is 9.15. The quantitative estimate of drug-likeness (QED) is 0.789. The second-order valence-corrected chi connectivity index (χ2v) is 6.25. The maximum absolute atomic E-state index is 12.5. The second-order valence-electron chi connectivity index (χ2n) is 6.25. The number of amides is 1. The SMILES string of the molecule is O=C(NC1C[C@H]2CCC[C@@H](C1)N2)c1n[nH]c2ccccc12. The van der Waals surface area contributed by atoms with Gasteiger partial charge in [0, 0.05) is 23.5 Å². The van der Waals surface area contributed by atoms with Crippen LogP contribution in [0.15, 0.2) is 24.3 Å². The van der Waals surface area contributed by atoms with Gasteiger partial charge < -0.3 is 10.6 Å². The van der Waals surface area contributed by atoms with Crippen LogP contribution in [0.1, 0.15) is 42.6 Å². The van der Waals surface area contributed by atoms with Crippen molar-refractivity contribution in [1.29, 1.82) is 0 Å². The first-order valence-corrected chi connectivity index (χ1v) is 7.79. The fourth-order valence-electron chi connectivity index (χ4n) is 3.77. The standard InChI is InChI=1S/C16H20N4O/c21-16(15-13-6-1-2-7-14(13)19-20-15)18-12-8-10-4-3-5-11(9-12)17-10/h1-2,6-7,10-12,17H,3-5,8-9H2,(H,18,21)(H,19,20)/t10-,11+,12?. The van der Waals surface area contributed by atoms with Gasteiger partial charge >= 0.3 is 0 Å². The molecular weight excluding hydrogens is 264 g/mol. The number of carbonyl (C=O) groups excluding carboxylic acids is 1. The minimum absolute atomic E-state index is 0.0579. The number of piperidine rings is 2. The molecule has 1 aromatic heterocycles. The summed E-state index contributed by atoms with van der Waals surface area (Å²) in [7, 11) is 0. The highest BCUT2D eigenvalue weighted by molar-refractivity contribution is 6.04. The van der Waals surface area contributed by atoms with Crippen molar-refractivity contribution < 1.29 is 4.79 Å². The third-order valence-electron chi connectivity index (χ3n) is 4.74. The normalized spacial score (nSPS) is 28.5. The number of rotatable bonds is 2. The van der Waals surface area contributed by atoms with Crippen LogP contribution in [0, 0.1) is 0 Å². The van der Waals surface area contributed by atoms with E-state index in [1.54, 1.807) is 0 Å². The van der Waals surface area contributed by atoms with Crippen molar-refractivity contribution in [1.82, 2.24) is 20.8 Å². The Bertz CT molecular complexity index is 653. The van der Waals surface area contributed by atoms with Gasteiger partial charge in [-0.3, -0.25) is 9.89 Å². The van der Waals surface area contributed by atoms with Crippen LogP contribution in [0.2, 0.25) is 0 Å². The topological polar surface area (TPSA) is 69.8 Å². The number of aromatic nitrogens is 2. The molecule has 5 heteroatoms. The number of aromatic amines is 1. The van der Waals surface area contributed by atoms with Gasteiger partial charge in [-0.2, -0.15) is 5.10 Å². The molecule has 1 aromatic carbocycles. The highest BCUT2D eigenvalue weighted by atomic mass is 16.2. The van der Waals surface area contributed by atoms with Crippen molar-refractivity contribution in [2.24, 2.45) is 0 Å². The predicted molar refractivity (Wildman–Crippen MR) is 81.1 cm³/mol. The fraction of sp³-hybridized carbons (Fsp3) is 0.500. The largest absolute Gasteiger partial charge is 0.348 e. The zero-order valence-electron chi connectivity index (χ0n) is 11.9. The lowest BCUT2D eigenvalue weighted by atomic mass is 9.84. The molecule has 3 N–H and O–H groups in total. The van der Waals surface area contributed by atoms with Crippen molar-refractivity contribution in [3.8, 4) is 0 Å².